The molecule has 2 aromatic heterocycles. The molecule has 0 unspecified atom stereocenters. The van der Waals surface area contributed by atoms with Crippen LogP contribution in [0.5, 0.6) is 0 Å². The SMILES string of the molecule is Cc1cc(NC(=O)c2cc([N+](=O)[O-])[nH]n2)nn1Cc1c(F)cccc1Cl. The molecule has 2 N–H and O–H groups in total. The molecule has 0 fully saturated rings. The first-order valence-electron chi connectivity index (χ1n) is 7.33. The monoisotopic (exact) mass is 378 g/mol. The van der Waals surface area contributed by atoms with Gasteiger partial charge in [-0.2, -0.15) is 5.10 Å². The molecule has 11 heteroatoms. The molecule has 0 atom stereocenters. The molecule has 0 bridgehead atoms. The quantitative estimate of drug-likeness (QED) is 0.522. The van der Waals surface area contributed by atoms with Crippen molar-refractivity contribution >= 4 is 29.1 Å². The van der Waals surface area contributed by atoms with Crippen molar-refractivity contribution in [3.8, 4) is 0 Å². The van der Waals surface area contributed by atoms with Crippen LogP contribution in [0.2, 0.25) is 5.02 Å². The van der Waals surface area contributed by atoms with E-state index in [4.69, 9.17) is 11.6 Å². The predicted octanol–water partition coefficient (Wildman–Crippen LogP) is 2.92. The molecular weight excluding hydrogens is 367 g/mol. The normalized spacial score (nSPS) is 10.7. The summed E-state index contributed by atoms with van der Waals surface area (Å²) in [5.74, 6) is -1.32. The lowest BCUT2D eigenvalue weighted by atomic mass is 10.2. The molecule has 9 nitrogen and oxygen atoms in total. The zero-order valence-corrected chi connectivity index (χ0v) is 14.1. The summed E-state index contributed by atoms with van der Waals surface area (Å²) >= 11 is 6.01. The molecule has 2 heterocycles. The minimum Gasteiger partial charge on any atom is -0.358 e. The van der Waals surface area contributed by atoms with Crippen LogP contribution in [0.1, 0.15) is 21.7 Å². The number of aryl methyl sites for hydroxylation is 1. The minimum atomic E-state index is -0.694. The first-order valence-corrected chi connectivity index (χ1v) is 7.71. The summed E-state index contributed by atoms with van der Waals surface area (Å²) in [5.41, 5.74) is 0.787. The Hall–Kier alpha value is -3.27. The highest BCUT2D eigenvalue weighted by atomic mass is 35.5. The molecule has 0 saturated heterocycles. The van der Waals surface area contributed by atoms with Crippen LogP contribution in [0.3, 0.4) is 0 Å². The maximum atomic E-state index is 13.9. The van der Waals surface area contributed by atoms with Crippen LogP contribution in [0.4, 0.5) is 16.0 Å². The molecule has 0 saturated carbocycles. The van der Waals surface area contributed by atoms with E-state index < -0.39 is 22.5 Å². The van der Waals surface area contributed by atoms with E-state index in [-0.39, 0.29) is 28.6 Å². The van der Waals surface area contributed by atoms with Gasteiger partial charge >= 0.3 is 5.82 Å². The second-order valence-electron chi connectivity index (χ2n) is 5.38. The van der Waals surface area contributed by atoms with Gasteiger partial charge < -0.3 is 15.4 Å². The molecule has 0 aliphatic rings. The van der Waals surface area contributed by atoms with E-state index in [1.54, 1.807) is 19.1 Å². The van der Waals surface area contributed by atoms with Gasteiger partial charge in [0, 0.05) is 22.3 Å². The van der Waals surface area contributed by atoms with E-state index >= 15 is 0 Å². The van der Waals surface area contributed by atoms with E-state index in [1.165, 1.54) is 16.8 Å². The van der Waals surface area contributed by atoms with Gasteiger partial charge in [-0.25, -0.2) is 4.39 Å². The molecule has 0 aliphatic heterocycles. The van der Waals surface area contributed by atoms with Crippen LogP contribution < -0.4 is 5.32 Å². The molecule has 1 amide bonds. The van der Waals surface area contributed by atoms with Crippen LogP contribution in [-0.4, -0.2) is 30.8 Å². The van der Waals surface area contributed by atoms with Gasteiger partial charge in [0.1, 0.15) is 5.82 Å². The number of amides is 1. The number of halogens is 2. The summed E-state index contributed by atoms with van der Waals surface area (Å²) in [4.78, 5) is 22.0. The van der Waals surface area contributed by atoms with Crippen LogP contribution >= 0.6 is 11.6 Å². The van der Waals surface area contributed by atoms with Gasteiger partial charge in [0.05, 0.1) is 12.6 Å². The average molecular weight is 379 g/mol. The van der Waals surface area contributed by atoms with Crippen molar-refractivity contribution in [2.75, 3.05) is 5.32 Å². The molecule has 0 spiro atoms. The van der Waals surface area contributed by atoms with Gasteiger partial charge in [-0.05, 0) is 24.0 Å². The smallest absolute Gasteiger partial charge is 0.343 e. The van der Waals surface area contributed by atoms with Crippen LogP contribution in [-0.2, 0) is 6.54 Å². The van der Waals surface area contributed by atoms with Crippen molar-refractivity contribution in [2.24, 2.45) is 0 Å². The number of nitro groups is 1. The van der Waals surface area contributed by atoms with Crippen molar-refractivity contribution < 1.29 is 14.1 Å². The number of H-pyrrole nitrogens is 1. The first-order chi connectivity index (χ1) is 12.3. The fourth-order valence-electron chi connectivity index (χ4n) is 2.27. The summed E-state index contributed by atoms with van der Waals surface area (Å²) in [6.45, 7) is 1.82. The number of carbonyl (C=O) groups excluding carboxylic acids is 1. The Morgan fingerprint density at radius 2 is 2.23 bits per heavy atom. The Morgan fingerprint density at radius 1 is 1.46 bits per heavy atom. The summed E-state index contributed by atoms with van der Waals surface area (Å²) < 4.78 is 15.4. The molecule has 26 heavy (non-hydrogen) atoms. The zero-order chi connectivity index (χ0) is 18.8. The van der Waals surface area contributed by atoms with Gasteiger partial charge in [-0.15, -0.1) is 5.10 Å². The number of benzene rings is 1. The van der Waals surface area contributed by atoms with E-state index in [1.807, 2.05) is 0 Å². The van der Waals surface area contributed by atoms with Crippen LogP contribution in [0, 0.1) is 22.9 Å². The lowest BCUT2D eigenvalue weighted by molar-refractivity contribution is -0.389. The maximum absolute atomic E-state index is 13.9. The van der Waals surface area contributed by atoms with E-state index in [9.17, 15) is 19.3 Å². The Morgan fingerprint density at radius 3 is 2.88 bits per heavy atom. The Balaban J connectivity index is 1.77. The number of rotatable bonds is 5. The van der Waals surface area contributed by atoms with Gasteiger partial charge in [-0.3, -0.25) is 9.48 Å². The third-order valence-corrected chi connectivity index (χ3v) is 3.94. The highest BCUT2D eigenvalue weighted by Gasteiger charge is 2.18. The van der Waals surface area contributed by atoms with Gasteiger partial charge in [0.15, 0.2) is 11.5 Å². The first kappa shape index (κ1) is 17.5. The fraction of sp³-hybridized carbons (Fsp3) is 0.133. The van der Waals surface area contributed by atoms with Crippen molar-refractivity contribution in [3.63, 3.8) is 0 Å². The summed E-state index contributed by atoms with van der Waals surface area (Å²) in [6.07, 6.45) is 0. The minimum absolute atomic E-state index is 0.0844. The highest BCUT2D eigenvalue weighted by Crippen LogP contribution is 2.21. The largest absolute Gasteiger partial charge is 0.358 e. The molecule has 1 aromatic carbocycles. The molecule has 3 rings (SSSR count). The number of nitrogens with zero attached hydrogens (tertiary/aromatic N) is 4. The van der Waals surface area contributed by atoms with Crippen molar-refractivity contribution in [1.82, 2.24) is 20.0 Å². The number of hydrogen-bond acceptors (Lipinski definition) is 5. The summed E-state index contributed by atoms with van der Waals surface area (Å²) in [5, 5.41) is 23.3. The molecular formula is C15H12ClFN6O3. The topological polar surface area (TPSA) is 119 Å². The fourth-order valence-corrected chi connectivity index (χ4v) is 2.49. The third-order valence-electron chi connectivity index (χ3n) is 3.59. The van der Waals surface area contributed by atoms with Crippen molar-refractivity contribution in [3.05, 3.63) is 68.2 Å². The Bertz CT molecular complexity index is 979. The second kappa shape index (κ2) is 6.92. The third kappa shape index (κ3) is 3.54. The maximum Gasteiger partial charge on any atom is 0.343 e. The number of carbonyl (C=O) groups is 1. The molecule has 0 aliphatic carbocycles. The number of anilines is 1. The number of aromatic nitrogens is 4. The average Bonchev–Trinajstić information content (AvgIpc) is 3.18. The predicted molar refractivity (Wildman–Crippen MR) is 90.7 cm³/mol. The molecule has 3 aromatic rings. The lowest BCUT2D eigenvalue weighted by Crippen LogP contribution is -2.13. The summed E-state index contributed by atoms with van der Waals surface area (Å²) in [6, 6.07) is 6.97. The van der Waals surface area contributed by atoms with Crippen LogP contribution in [0.25, 0.3) is 0 Å². The standard InChI is InChI=1S/C15H12ClFN6O3/c1-8-5-13(18-15(24)12-6-14(20-19-12)23(25)26)21-22(8)7-9-10(16)3-2-4-11(9)17/h2-6H,7H2,1H3,(H,19,20)(H,18,21,24). The van der Waals surface area contributed by atoms with Crippen molar-refractivity contribution in [2.45, 2.75) is 13.5 Å². The number of nitrogens with one attached hydrogen (secondary N) is 2. The highest BCUT2D eigenvalue weighted by molar-refractivity contribution is 6.31. The summed E-state index contributed by atoms with van der Waals surface area (Å²) in [7, 11) is 0. The van der Waals surface area contributed by atoms with Crippen molar-refractivity contribution in [1.29, 1.82) is 0 Å². The second-order valence-corrected chi connectivity index (χ2v) is 5.79. The Labute approximate surface area is 150 Å². The lowest BCUT2D eigenvalue weighted by Gasteiger charge is -2.07. The van der Waals surface area contributed by atoms with Gasteiger partial charge in [-0.1, -0.05) is 22.8 Å². The van der Waals surface area contributed by atoms with E-state index in [2.05, 4.69) is 20.6 Å². The Kier molecular flexibility index (Phi) is 4.67. The van der Waals surface area contributed by atoms with E-state index in [0.29, 0.717) is 5.69 Å². The van der Waals surface area contributed by atoms with Gasteiger partial charge in [0.25, 0.3) is 5.91 Å². The molecule has 134 valence electrons. The van der Waals surface area contributed by atoms with E-state index in [0.717, 1.165) is 6.07 Å². The van der Waals surface area contributed by atoms with Crippen LogP contribution in [0.15, 0.2) is 30.3 Å². The van der Waals surface area contributed by atoms with Gasteiger partial charge in [0.2, 0.25) is 0 Å². The zero-order valence-electron chi connectivity index (χ0n) is 13.4. The molecule has 0 radical (unpaired) electrons. The number of hydrogen-bond donors (Lipinski definition) is 2. The number of aromatic amines is 1.